The van der Waals surface area contributed by atoms with Crippen LogP contribution in [0.2, 0.25) is 0 Å². The van der Waals surface area contributed by atoms with Crippen LogP contribution in [0.25, 0.3) is 0 Å². The first-order valence-electron chi connectivity index (χ1n) is 10.2. The third-order valence-corrected chi connectivity index (χ3v) is 4.53. The highest BCUT2D eigenvalue weighted by molar-refractivity contribution is 5.90. The molecule has 34 heavy (non-hydrogen) atoms. The van der Waals surface area contributed by atoms with Crippen LogP contribution in [0, 0.1) is 5.92 Å². The number of nitrogens with two attached hydrogens (primary N) is 3. The molecule has 0 fully saturated rings. The molecule has 16 heteroatoms. The molecule has 0 aliphatic heterocycles. The number of carbonyl (C=O) groups excluding carboxylic acids is 4. The molecule has 1 heterocycles. The van der Waals surface area contributed by atoms with Crippen molar-refractivity contribution in [2.45, 2.75) is 57.3 Å². The zero-order valence-electron chi connectivity index (χ0n) is 18.7. The number of rotatable bonds is 14. The van der Waals surface area contributed by atoms with Crippen LogP contribution in [0.5, 0.6) is 0 Å². The van der Waals surface area contributed by atoms with Crippen LogP contribution in [0.15, 0.2) is 4.52 Å². The van der Waals surface area contributed by atoms with Crippen molar-refractivity contribution < 1.29 is 38.7 Å². The number of urea groups is 1. The van der Waals surface area contributed by atoms with Crippen molar-refractivity contribution in [1.82, 2.24) is 26.1 Å². The monoisotopic (exact) mass is 486 g/mol. The summed E-state index contributed by atoms with van der Waals surface area (Å²) in [5.41, 5.74) is 15.9. The summed E-state index contributed by atoms with van der Waals surface area (Å²) >= 11 is 0. The topological polar surface area (TPSA) is 279 Å². The van der Waals surface area contributed by atoms with Gasteiger partial charge in [0, 0.05) is 6.42 Å². The number of aromatic nitrogens is 2. The third-order valence-electron chi connectivity index (χ3n) is 4.53. The van der Waals surface area contributed by atoms with Crippen LogP contribution in [0.4, 0.5) is 4.79 Å². The number of nitrogens with one attached hydrogen (secondary N) is 3. The summed E-state index contributed by atoms with van der Waals surface area (Å²) < 4.78 is 4.98. The highest BCUT2D eigenvalue weighted by Gasteiger charge is 2.30. The van der Waals surface area contributed by atoms with Crippen molar-refractivity contribution in [3.63, 3.8) is 0 Å². The Balaban J connectivity index is 3.01. The van der Waals surface area contributed by atoms with Gasteiger partial charge in [0.05, 0.1) is 19.1 Å². The normalized spacial score (nSPS) is 14.5. The molecule has 16 nitrogen and oxygen atoms in total. The number of nitrogens with zero attached hydrogens (tertiary/aromatic N) is 2. The second-order valence-corrected chi connectivity index (χ2v) is 7.75. The zero-order valence-corrected chi connectivity index (χ0v) is 18.7. The van der Waals surface area contributed by atoms with Gasteiger partial charge in [-0.15, -0.1) is 0 Å². The van der Waals surface area contributed by atoms with E-state index in [9.17, 15) is 29.1 Å². The molecule has 0 spiro atoms. The Kier molecular flexibility index (Phi) is 10.8. The lowest BCUT2D eigenvalue weighted by atomic mass is 10.0. The molecule has 0 saturated heterocycles. The summed E-state index contributed by atoms with van der Waals surface area (Å²) in [7, 11) is 0. The summed E-state index contributed by atoms with van der Waals surface area (Å²) in [6, 6.07) is -5.76. The molecule has 1 rings (SSSR count). The van der Waals surface area contributed by atoms with Gasteiger partial charge in [0.25, 0.3) is 0 Å². The van der Waals surface area contributed by atoms with Gasteiger partial charge < -0.3 is 47.9 Å². The van der Waals surface area contributed by atoms with E-state index in [1.165, 1.54) is 0 Å². The summed E-state index contributed by atoms with van der Waals surface area (Å²) in [5, 5.41) is 28.9. The first kappa shape index (κ1) is 28.2. The molecular formula is C18H30N8O8. The Morgan fingerprint density at radius 2 is 1.71 bits per heavy atom. The van der Waals surface area contributed by atoms with Crippen LogP contribution in [-0.2, 0) is 19.2 Å². The first-order valence-corrected chi connectivity index (χ1v) is 10.2. The SMILES string of the molecule is CC(C)[C@H](NC(=O)[C@H](CCC(N)=O)NC(=O)N[C@@H](CC(N)=O)c1nc([C@@H](N)CO)no1)C(=O)O. The molecule has 0 aliphatic rings. The number of hydrogen-bond donors (Lipinski definition) is 8. The second kappa shape index (κ2) is 13.0. The number of carboxylic acids is 1. The number of aliphatic hydroxyl groups excluding tert-OH is 1. The fourth-order valence-electron chi connectivity index (χ4n) is 2.70. The third kappa shape index (κ3) is 8.99. The Morgan fingerprint density at radius 3 is 2.21 bits per heavy atom. The summed E-state index contributed by atoms with van der Waals surface area (Å²) in [5.74, 6) is -4.51. The summed E-state index contributed by atoms with van der Waals surface area (Å²) in [6.07, 6.45) is -0.972. The number of aliphatic carboxylic acids is 1. The van der Waals surface area contributed by atoms with E-state index in [0.717, 1.165) is 0 Å². The van der Waals surface area contributed by atoms with Gasteiger partial charge in [-0.05, 0) is 12.3 Å². The molecule has 4 atom stereocenters. The number of primary amides is 2. The minimum atomic E-state index is -1.34. The second-order valence-electron chi connectivity index (χ2n) is 7.75. The molecular weight excluding hydrogens is 456 g/mol. The van der Waals surface area contributed by atoms with Crippen LogP contribution >= 0.6 is 0 Å². The summed E-state index contributed by atoms with van der Waals surface area (Å²) in [4.78, 5) is 63.1. The molecule has 0 unspecified atom stereocenters. The quantitative estimate of drug-likeness (QED) is 0.132. The van der Waals surface area contributed by atoms with Gasteiger partial charge >= 0.3 is 12.0 Å². The zero-order chi connectivity index (χ0) is 26.0. The van der Waals surface area contributed by atoms with Crippen LogP contribution < -0.4 is 33.2 Å². The van der Waals surface area contributed by atoms with Crippen molar-refractivity contribution in [1.29, 1.82) is 0 Å². The predicted octanol–water partition coefficient (Wildman–Crippen LogP) is -2.86. The van der Waals surface area contributed by atoms with Gasteiger partial charge in [-0.2, -0.15) is 4.98 Å². The highest BCUT2D eigenvalue weighted by atomic mass is 16.5. The number of carbonyl (C=O) groups is 5. The molecule has 0 radical (unpaired) electrons. The standard InChI is InChI=1S/C18H30N8O8/c1-7(2)13(17(31)32)24-15(30)9(3-4-11(20)28)22-18(33)23-10(5-12(21)29)16-25-14(26-34-16)8(19)6-27/h7-10,13,27H,3-6,19H2,1-2H3,(H2,20,28)(H2,21,29)(H,24,30)(H,31,32)(H2,22,23,33)/t8-,9-,10-,13-/m0/s1. The highest BCUT2D eigenvalue weighted by Crippen LogP contribution is 2.16. The van der Waals surface area contributed by atoms with E-state index in [1.807, 2.05) is 0 Å². The van der Waals surface area contributed by atoms with E-state index < -0.39 is 72.8 Å². The number of aliphatic hydroxyl groups is 1. The average Bonchev–Trinajstić information content (AvgIpc) is 3.23. The molecule has 0 aromatic carbocycles. The van der Waals surface area contributed by atoms with Gasteiger partial charge in [0.15, 0.2) is 5.82 Å². The van der Waals surface area contributed by atoms with E-state index >= 15 is 0 Å². The molecule has 0 aliphatic carbocycles. The minimum absolute atomic E-state index is 0.0821. The van der Waals surface area contributed by atoms with Crippen LogP contribution in [-0.4, -0.2) is 68.8 Å². The number of amides is 5. The van der Waals surface area contributed by atoms with E-state index in [4.69, 9.17) is 26.8 Å². The fraction of sp³-hybridized carbons (Fsp3) is 0.611. The molecule has 11 N–H and O–H groups in total. The van der Waals surface area contributed by atoms with Crippen molar-refractivity contribution >= 4 is 29.7 Å². The van der Waals surface area contributed by atoms with Gasteiger partial charge in [-0.25, -0.2) is 9.59 Å². The van der Waals surface area contributed by atoms with Crippen LogP contribution in [0.3, 0.4) is 0 Å². The molecule has 190 valence electrons. The van der Waals surface area contributed by atoms with E-state index in [2.05, 4.69) is 26.1 Å². The lowest BCUT2D eigenvalue weighted by Gasteiger charge is -2.24. The van der Waals surface area contributed by atoms with E-state index in [0.29, 0.717) is 0 Å². The Morgan fingerprint density at radius 1 is 1.06 bits per heavy atom. The van der Waals surface area contributed by atoms with Crippen molar-refractivity contribution in [3.8, 4) is 0 Å². The van der Waals surface area contributed by atoms with Crippen LogP contribution in [0.1, 0.15) is 56.9 Å². The van der Waals surface area contributed by atoms with Gasteiger partial charge in [0.2, 0.25) is 23.6 Å². The molecule has 5 amide bonds. The van der Waals surface area contributed by atoms with E-state index in [1.54, 1.807) is 13.8 Å². The lowest BCUT2D eigenvalue weighted by Crippen LogP contribution is -2.55. The van der Waals surface area contributed by atoms with Crippen molar-refractivity contribution in [2.24, 2.45) is 23.1 Å². The Bertz CT molecular complexity index is 889. The maximum atomic E-state index is 12.6. The first-order chi connectivity index (χ1) is 15.8. The average molecular weight is 486 g/mol. The number of carboxylic acid groups (broad SMARTS) is 1. The van der Waals surface area contributed by atoms with E-state index in [-0.39, 0.29) is 24.6 Å². The van der Waals surface area contributed by atoms with Crippen molar-refractivity contribution in [2.75, 3.05) is 6.61 Å². The number of hydrogen-bond acceptors (Lipinski definition) is 10. The fourth-order valence-corrected chi connectivity index (χ4v) is 2.70. The Hall–Kier alpha value is -3.79. The van der Waals surface area contributed by atoms with Crippen molar-refractivity contribution in [3.05, 3.63) is 11.7 Å². The van der Waals surface area contributed by atoms with Gasteiger partial charge in [-0.1, -0.05) is 19.0 Å². The van der Waals surface area contributed by atoms with Gasteiger partial charge in [0.1, 0.15) is 18.1 Å². The molecule has 0 saturated carbocycles. The molecule has 0 bridgehead atoms. The maximum absolute atomic E-state index is 12.6. The lowest BCUT2D eigenvalue weighted by molar-refractivity contribution is -0.143. The summed E-state index contributed by atoms with van der Waals surface area (Å²) in [6.45, 7) is 2.67. The largest absolute Gasteiger partial charge is 0.480 e. The smallest absolute Gasteiger partial charge is 0.326 e. The van der Waals surface area contributed by atoms with Gasteiger partial charge in [-0.3, -0.25) is 14.4 Å². The molecule has 1 aromatic heterocycles. The minimum Gasteiger partial charge on any atom is -0.480 e. The Labute approximate surface area is 194 Å². The molecule has 1 aromatic rings. The predicted molar refractivity (Wildman–Crippen MR) is 113 cm³/mol. The maximum Gasteiger partial charge on any atom is 0.326 e.